The van der Waals surface area contributed by atoms with E-state index in [9.17, 15) is 13.6 Å². The Morgan fingerprint density at radius 3 is 2.30 bits per heavy atom. The van der Waals surface area contributed by atoms with Gasteiger partial charge < -0.3 is 14.4 Å². The number of thiazole rings is 1. The predicted molar refractivity (Wildman–Crippen MR) is 114 cm³/mol. The van der Waals surface area contributed by atoms with Crippen LogP contribution in [0.2, 0.25) is 0 Å². The van der Waals surface area contributed by atoms with Crippen molar-refractivity contribution in [2.24, 2.45) is 0 Å². The average molecular weight is 435 g/mol. The van der Waals surface area contributed by atoms with E-state index in [4.69, 9.17) is 9.47 Å². The number of aromatic nitrogens is 1. The number of carbonyl (C=O) groups excluding carboxylic acids is 1. The molecule has 30 heavy (non-hydrogen) atoms. The van der Waals surface area contributed by atoms with Gasteiger partial charge in [0.15, 0.2) is 10.9 Å². The Bertz CT molecular complexity index is 1030. The van der Waals surface area contributed by atoms with Gasteiger partial charge in [-0.3, -0.25) is 9.69 Å². The molecule has 160 valence electrons. The summed E-state index contributed by atoms with van der Waals surface area (Å²) in [7, 11) is 6.88. The quantitative estimate of drug-likeness (QED) is 0.531. The summed E-state index contributed by atoms with van der Waals surface area (Å²) in [5.41, 5.74) is 0.395. The first-order chi connectivity index (χ1) is 14.3. The molecule has 1 heterocycles. The highest BCUT2D eigenvalue weighted by molar-refractivity contribution is 7.22. The number of fused-ring (bicyclic) bond motifs is 1. The zero-order valence-electron chi connectivity index (χ0n) is 17.2. The number of hydrogen-bond acceptors (Lipinski definition) is 6. The van der Waals surface area contributed by atoms with Crippen molar-refractivity contribution in [3.8, 4) is 11.5 Å². The van der Waals surface area contributed by atoms with Crippen LogP contribution in [-0.4, -0.2) is 57.2 Å². The first-order valence-electron chi connectivity index (χ1n) is 9.27. The number of benzene rings is 2. The van der Waals surface area contributed by atoms with Gasteiger partial charge in [0, 0.05) is 24.2 Å². The Kier molecular flexibility index (Phi) is 6.84. The number of halogens is 2. The molecule has 0 N–H and O–H groups in total. The van der Waals surface area contributed by atoms with Crippen LogP contribution in [0.15, 0.2) is 30.3 Å². The lowest BCUT2D eigenvalue weighted by Crippen LogP contribution is -2.33. The summed E-state index contributed by atoms with van der Waals surface area (Å²) in [6, 6.07) is 6.89. The fourth-order valence-electron chi connectivity index (χ4n) is 2.98. The molecule has 1 amide bonds. The number of methoxy groups -OCH3 is 2. The van der Waals surface area contributed by atoms with Crippen LogP contribution in [0.3, 0.4) is 0 Å². The maximum Gasteiger partial charge on any atom is 0.260 e. The van der Waals surface area contributed by atoms with Crippen molar-refractivity contribution in [2.75, 3.05) is 46.3 Å². The van der Waals surface area contributed by atoms with Gasteiger partial charge in [-0.15, -0.1) is 0 Å². The van der Waals surface area contributed by atoms with Crippen molar-refractivity contribution >= 4 is 32.6 Å². The molecule has 9 heteroatoms. The number of carbonyl (C=O) groups is 1. The molecule has 0 atom stereocenters. The Labute approximate surface area is 177 Å². The van der Waals surface area contributed by atoms with Crippen molar-refractivity contribution < 1.29 is 23.0 Å². The molecule has 0 aliphatic carbocycles. The smallest absolute Gasteiger partial charge is 0.260 e. The molecule has 3 rings (SSSR count). The summed E-state index contributed by atoms with van der Waals surface area (Å²) in [6.45, 7) is 1.11. The number of nitrogens with zero attached hydrogens (tertiary/aromatic N) is 3. The number of anilines is 1. The van der Waals surface area contributed by atoms with E-state index >= 15 is 0 Å². The molecule has 0 saturated heterocycles. The zero-order valence-corrected chi connectivity index (χ0v) is 18.1. The third kappa shape index (κ3) is 4.85. The van der Waals surface area contributed by atoms with E-state index in [1.54, 1.807) is 18.2 Å². The van der Waals surface area contributed by atoms with Crippen molar-refractivity contribution in [2.45, 2.75) is 6.42 Å². The third-order valence-corrected chi connectivity index (χ3v) is 5.49. The summed E-state index contributed by atoms with van der Waals surface area (Å²) in [4.78, 5) is 21.2. The fourth-order valence-corrected chi connectivity index (χ4v) is 4.01. The van der Waals surface area contributed by atoms with Crippen LogP contribution in [0.5, 0.6) is 11.5 Å². The highest BCUT2D eigenvalue weighted by Crippen LogP contribution is 2.33. The van der Waals surface area contributed by atoms with Crippen molar-refractivity contribution in [1.29, 1.82) is 0 Å². The van der Waals surface area contributed by atoms with Gasteiger partial charge in [0.2, 0.25) is 0 Å². The second-order valence-electron chi connectivity index (χ2n) is 6.95. The summed E-state index contributed by atoms with van der Waals surface area (Å²) in [5.74, 6) is -0.813. The minimum atomic E-state index is -0.753. The molecule has 0 bridgehead atoms. The Balaban J connectivity index is 2.02. The second-order valence-corrected chi connectivity index (χ2v) is 7.95. The van der Waals surface area contributed by atoms with E-state index in [0.29, 0.717) is 39.9 Å². The number of amides is 1. The first-order valence-corrected chi connectivity index (χ1v) is 10.1. The molecule has 3 aromatic rings. The molecule has 0 spiro atoms. The monoisotopic (exact) mass is 435 g/mol. The molecule has 6 nitrogen and oxygen atoms in total. The standard InChI is InChI=1S/C21H23F2N3O3S/c1-25(2)6-5-7-26(20(27)13-8-15(28-3)12-16(9-13)29-4)21-24-19-17(23)10-14(22)11-18(19)30-21/h8-12H,5-7H2,1-4H3. The van der Waals surface area contributed by atoms with E-state index in [0.717, 1.165) is 23.9 Å². The van der Waals surface area contributed by atoms with Crippen molar-refractivity contribution in [3.05, 3.63) is 47.5 Å². The minimum Gasteiger partial charge on any atom is -0.497 e. The van der Waals surface area contributed by atoms with E-state index in [1.807, 2.05) is 19.0 Å². The lowest BCUT2D eigenvalue weighted by molar-refractivity contribution is 0.0985. The fraction of sp³-hybridized carbons (Fsp3) is 0.333. The van der Waals surface area contributed by atoms with E-state index in [1.165, 1.54) is 25.2 Å². The van der Waals surface area contributed by atoms with Gasteiger partial charge in [-0.1, -0.05) is 11.3 Å². The van der Waals surface area contributed by atoms with Gasteiger partial charge in [-0.05, 0) is 45.3 Å². The third-order valence-electron chi connectivity index (χ3n) is 4.46. The van der Waals surface area contributed by atoms with Crippen LogP contribution >= 0.6 is 11.3 Å². The maximum atomic E-state index is 14.2. The van der Waals surface area contributed by atoms with Gasteiger partial charge in [-0.2, -0.15) is 0 Å². The molecule has 1 aromatic heterocycles. The lowest BCUT2D eigenvalue weighted by Gasteiger charge is -2.21. The Hall–Kier alpha value is -2.78. The van der Waals surface area contributed by atoms with Crippen LogP contribution < -0.4 is 14.4 Å². The SMILES string of the molecule is COc1cc(OC)cc(C(=O)N(CCCN(C)C)c2nc3c(F)cc(F)cc3s2)c1. The molecule has 0 aliphatic rings. The summed E-state index contributed by atoms with van der Waals surface area (Å²) in [5, 5.41) is 0.306. The summed E-state index contributed by atoms with van der Waals surface area (Å²) >= 11 is 1.07. The Morgan fingerprint density at radius 1 is 1.03 bits per heavy atom. The Morgan fingerprint density at radius 2 is 1.70 bits per heavy atom. The zero-order chi connectivity index (χ0) is 21.8. The minimum absolute atomic E-state index is 0.0463. The largest absolute Gasteiger partial charge is 0.497 e. The van der Waals surface area contributed by atoms with E-state index < -0.39 is 11.6 Å². The van der Waals surface area contributed by atoms with Crippen molar-refractivity contribution in [1.82, 2.24) is 9.88 Å². The van der Waals surface area contributed by atoms with Crippen LogP contribution in [0, 0.1) is 11.6 Å². The summed E-state index contributed by atoms with van der Waals surface area (Å²) in [6.07, 6.45) is 0.673. The second kappa shape index (κ2) is 9.36. The van der Waals surface area contributed by atoms with Gasteiger partial charge in [0.1, 0.15) is 22.8 Å². The van der Waals surface area contributed by atoms with Gasteiger partial charge in [0.25, 0.3) is 5.91 Å². The molecular formula is C21H23F2N3O3S. The first kappa shape index (κ1) is 21.9. The lowest BCUT2D eigenvalue weighted by atomic mass is 10.1. The predicted octanol–water partition coefficient (Wildman–Crippen LogP) is 4.19. The molecule has 0 saturated carbocycles. The molecular weight excluding hydrogens is 412 g/mol. The topological polar surface area (TPSA) is 54.9 Å². The highest BCUT2D eigenvalue weighted by Gasteiger charge is 2.23. The van der Waals surface area contributed by atoms with Gasteiger partial charge in [0.05, 0.1) is 18.9 Å². The van der Waals surface area contributed by atoms with Gasteiger partial charge >= 0.3 is 0 Å². The van der Waals surface area contributed by atoms with Crippen LogP contribution in [-0.2, 0) is 0 Å². The van der Waals surface area contributed by atoms with Crippen LogP contribution in [0.25, 0.3) is 10.2 Å². The van der Waals surface area contributed by atoms with Crippen molar-refractivity contribution in [3.63, 3.8) is 0 Å². The highest BCUT2D eigenvalue weighted by atomic mass is 32.1. The van der Waals surface area contributed by atoms with Gasteiger partial charge in [-0.25, -0.2) is 13.8 Å². The number of ether oxygens (including phenoxy) is 2. The van der Waals surface area contributed by atoms with Crippen LogP contribution in [0.4, 0.5) is 13.9 Å². The summed E-state index contributed by atoms with van der Waals surface area (Å²) < 4.78 is 38.6. The normalized spacial score (nSPS) is 11.2. The number of hydrogen-bond donors (Lipinski definition) is 0. The number of rotatable bonds is 8. The van der Waals surface area contributed by atoms with E-state index in [2.05, 4.69) is 4.98 Å². The van der Waals surface area contributed by atoms with E-state index in [-0.39, 0.29) is 11.4 Å². The maximum absolute atomic E-state index is 14.2. The van der Waals surface area contributed by atoms with Crippen LogP contribution in [0.1, 0.15) is 16.8 Å². The molecule has 0 fully saturated rings. The molecule has 0 aliphatic heterocycles. The molecule has 0 radical (unpaired) electrons. The average Bonchev–Trinajstić information content (AvgIpc) is 3.14. The molecule has 2 aromatic carbocycles. The molecule has 0 unspecified atom stereocenters.